The molecule has 0 radical (unpaired) electrons. The van der Waals surface area contributed by atoms with E-state index in [1.165, 1.54) is 12.0 Å². The van der Waals surface area contributed by atoms with Crippen LogP contribution in [0.15, 0.2) is 12.4 Å². The van der Waals surface area contributed by atoms with Crippen molar-refractivity contribution in [1.82, 2.24) is 15.1 Å². The number of aryl methyl sites for hydroxylation is 1. The molecule has 1 unspecified atom stereocenters. The summed E-state index contributed by atoms with van der Waals surface area (Å²) < 4.78 is 1.86. The van der Waals surface area contributed by atoms with Gasteiger partial charge in [-0.2, -0.15) is 5.10 Å². The summed E-state index contributed by atoms with van der Waals surface area (Å²) in [5.41, 5.74) is 1.33. The van der Waals surface area contributed by atoms with Gasteiger partial charge in [0.1, 0.15) is 0 Å². The van der Waals surface area contributed by atoms with Crippen LogP contribution in [0.1, 0.15) is 31.7 Å². The van der Waals surface area contributed by atoms with E-state index in [2.05, 4.69) is 30.5 Å². The quantitative estimate of drug-likeness (QED) is 0.698. The Labute approximate surface area is 80.1 Å². The zero-order valence-electron chi connectivity index (χ0n) is 8.75. The Hall–Kier alpha value is -0.830. The molecular weight excluding hydrogens is 162 g/mol. The highest BCUT2D eigenvalue weighted by molar-refractivity contribution is 5.09. The van der Waals surface area contributed by atoms with Crippen molar-refractivity contribution in [3.05, 3.63) is 18.0 Å². The van der Waals surface area contributed by atoms with Crippen LogP contribution in [0.4, 0.5) is 0 Å². The van der Waals surface area contributed by atoms with Crippen LogP contribution in [-0.4, -0.2) is 22.9 Å². The number of hydrogen-bond acceptors (Lipinski definition) is 2. The Balaban J connectivity index is 2.35. The van der Waals surface area contributed by atoms with Gasteiger partial charge in [-0.15, -0.1) is 0 Å². The van der Waals surface area contributed by atoms with Crippen molar-refractivity contribution in [2.24, 2.45) is 7.05 Å². The average molecular weight is 181 g/mol. The van der Waals surface area contributed by atoms with Crippen LogP contribution in [0.5, 0.6) is 0 Å². The number of hydrogen-bond donors (Lipinski definition) is 1. The highest BCUT2D eigenvalue weighted by Gasteiger charge is 2.06. The molecular formula is C10H19N3. The molecule has 3 heteroatoms. The Morgan fingerprint density at radius 3 is 2.92 bits per heavy atom. The summed E-state index contributed by atoms with van der Waals surface area (Å²) in [4.78, 5) is 0. The second-order valence-corrected chi connectivity index (χ2v) is 3.49. The summed E-state index contributed by atoms with van der Waals surface area (Å²) >= 11 is 0. The Bertz CT molecular complexity index is 242. The zero-order chi connectivity index (χ0) is 9.68. The lowest BCUT2D eigenvalue weighted by Crippen LogP contribution is -2.15. The monoisotopic (exact) mass is 181 g/mol. The van der Waals surface area contributed by atoms with Gasteiger partial charge in [-0.3, -0.25) is 4.68 Å². The third-order valence-corrected chi connectivity index (χ3v) is 2.30. The molecule has 0 saturated heterocycles. The Kier molecular flexibility index (Phi) is 3.96. The van der Waals surface area contributed by atoms with Gasteiger partial charge in [0.2, 0.25) is 0 Å². The SMILES string of the molecule is CCNCCC(C)c1cnn(C)c1. The van der Waals surface area contributed by atoms with Gasteiger partial charge in [0.15, 0.2) is 0 Å². The van der Waals surface area contributed by atoms with Crippen LogP contribution in [-0.2, 0) is 7.05 Å². The summed E-state index contributed by atoms with van der Waals surface area (Å²) in [6.07, 6.45) is 5.23. The fourth-order valence-corrected chi connectivity index (χ4v) is 1.36. The maximum absolute atomic E-state index is 4.16. The number of rotatable bonds is 5. The van der Waals surface area contributed by atoms with Gasteiger partial charge in [-0.1, -0.05) is 13.8 Å². The lowest BCUT2D eigenvalue weighted by molar-refractivity contribution is 0.608. The van der Waals surface area contributed by atoms with Crippen molar-refractivity contribution in [1.29, 1.82) is 0 Å². The molecule has 0 amide bonds. The zero-order valence-corrected chi connectivity index (χ0v) is 8.75. The topological polar surface area (TPSA) is 29.9 Å². The van der Waals surface area contributed by atoms with E-state index in [-0.39, 0.29) is 0 Å². The van der Waals surface area contributed by atoms with E-state index < -0.39 is 0 Å². The summed E-state index contributed by atoms with van der Waals surface area (Å²) in [6, 6.07) is 0. The van der Waals surface area contributed by atoms with Crippen molar-refractivity contribution in [2.45, 2.75) is 26.2 Å². The molecule has 0 aromatic carbocycles. The third kappa shape index (κ3) is 3.19. The van der Waals surface area contributed by atoms with Crippen molar-refractivity contribution >= 4 is 0 Å². The lowest BCUT2D eigenvalue weighted by atomic mass is 10.0. The molecule has 13 heavy (non-hydrogen) atoms. The minimum absolute atomic E-state index is 0.604. The van der Waals surface area contributed by atoms with Gasteiger partial charge >= 0.3 is 0 Å². The summed E-state index contributed by atoms with van der Waals surface area (Å²) in [5.74, 6) is 0.604. The van der Waals surface area contributed by atoms with Gasteiger partial charge in [-0.05, 0) is 31.0 Å². The minimum atomic E-state index is 0.604. The van der Waals surface area contributed by atoms with Crippen molar-refractivity contribution in [2.75, 3.05) is 13.1 Å². The molecule has 0 fully saturated rings. The van der Waals surface area contributed by atoms with Gasteiger partial charge in [0.05, 0.1) is 6.20 Å². The molecule has 1 rings (SSSR count). The predicted molar refractivity (Wildman–Crippen MR) is 54.8 cm³/mol. The second-order valence-electron chi connectivity index (χ2n) is 3.49. The van der Waals surface area contributed by atoms with E-state index in [0.717, 1.165) is 13.1 Å². The van der Waals surface area contributed by atoms with Crippen LogP contribution >= 0.6 is 0 Å². The molecule has 1 heterocycles. The van der Waals surface area contributed by atoms with E-state index in [4.69, 9.17) is 0 Å². The first kappa shape index (κ1) is 10.3. The largest absolute Gasteiger partial charge is 0.317 e. The minimum Gasteiger partial charge on any atom is -0.317 e. The molecule has 0 spiro atoms. The van der Waals surface area contributed by atoms with E-state index in [1.54, 1.807) is 0 Å². The summed E-state index contributed by atoms with van der Waals surface area (Å²) in [5, 5.41) is 7.49. The van der Waals surface area contributed by atoms with Crippen molar-refractivity contribution < 1.29 is 0 Å². The average Bonchev–Trinajstić information content (AvgIpc) is 2.52. The smallest absolute Gasteiger partial charge is 0.0524 e. The molecule has 0 aliphatic carbocycles. The number of aromatic nitrogens is 2. The van der Waals surface area contributed by atoms with Crippen molar-refractivity contribution in [3.63, 3.8) is 0 Å². The fourth-order valence-electron chi connectivity index (χ4n) is 1.36. The molecule has 74 valence electrons. The van der Waals surface area contributed by atoms with Crippen molar-refractivity contribution in [3.8, 4) is 0 Å². The van der Waals surface area contributed by atoms with Gasteiger partial charge < -0.3 is 5.32 Å². The summed E-state index contributed by atoms with van der Waals surface area (Å²) in [7, 11) is 1.96. The van der Waals surface area contributed by atoms with Crippen LogP contribution in [0.25, 0.3) is 0 Å². The molecule has 0 aliphatic rings. The molecule has 0 saturated carbocycles. The number of nitrogens with zero attached hydrogens (tertiary/aromatic N) is 2. The van der Waals surface area contributed by atoms with Crippen LogP contribution in [0, 0.1) is 0 Å². The van der Waals surface area contributed by atoms with E-state index >= 15 is 0 Å². The van der Waals surface area contributed by atoms with Crippen LogP contribution in [0.2, 0.25) is 0 Å². The standard InChI is InChI=1S/C10H19N3/c1-4-11-6-5-9(2)10-7-12-13(3)8-10/h7-9,11H,4-6H2,1-3H3. The van der Waals surface area contributed by atoms with E-state index in [9.17, 15) is 0 Å². The molecule has 1 N–H and O–H groups in total. The first-order valence-electron chi connectivity index (χ1n) is 4.93. The Morgan fingerprint density at radius 2 is 2.38 bits per heavy atom. The first-order chi connectivity index (χ1) is 6.24. The van der Waals surface area contributed by atoms with Gasteiger partial charge in [-0.25, -0.2) is 0 Å². The molecule has 3 nitrogen and oxygen atoms in total. The lowest BCUT2D eigenvalue weighted by Gasteiger charge is -2.08. The fraction of sp³-hybridized carbons (Fsp3) is 0.700. The normalized spacial score (nSPS) is 13.2. The van der Waals surface area contributed by atoms with Gasteiger partial charge in [0.25, 0.3) is 0 Å². The molecule has 0 aliphatic heterocycles. The van der Waals surface area contributed by atoms with Crippen LogP contribution < -0.4 is 5.32 Å². The number of nitrogens with one attached hydrogen (secondary N) is 1. The molecule has 1 atom stereocenters. The maximum Gasteiger partial charge on any atom is 0.0524 e. The maximum atomic E-state index is 4.16. The summed E-state index contributed by atoms with van der Waals surface area (Å²) in [6.45, 7) is 6.52. The van der Waals surface area contributed by atoms with E-state index in [1.807, 2.05) is 17.9 Å². The highest BCUT2D eigenvalue weighted by atomic mass is 15.2. The third-order valence-electron chi connectivity index (χ3n) is 2.30. The van der Waals surface area contributed by atoms with Crippen LogP contribution in [0.3, 0.4) is 0 Å². The molecule has 0 bridgehead atoms. The van der Waals surface area contributed by atoms with E-state index in [0.29, 0.717) is 5.92 Å². The first-order valence-corrected chi connectivity index (χ1v) is 4.93. The second kappa shape index (κ2) is 5.02. The molecule has 1 aromatic heterocycles. The van der Waals surface area contributed by atoms with Gasteiger partial charge in [0, 0.05) is 13.2 Å². The Morgan fingerprint density at radius 1 is 1.62 bits per heavy atom. The molecule has 1 aromatic rings. The highest BCUT2D eigenvalue weighted by Crippen LogP contribution is 2.16. The predicted octanol–water partition coefficient (Wildman–Crippen LogP) is 1.52.